The van der Waals surface area contributed by atoms with Gasteiger partial charge in [-0.2, -0.15) is 0 Å². The van der Waals surface area contributed by atoms with Crippen LogP contribution in [0.5, 0.6) is 11.5 Å². The van der Waals surface area contributed by atoms with E-state index in [1.54, 1.807) is 16.8 Å². The molecule has 0 spiro atoms. The van der Waals surface area contributed by atoms with E-state index in [0.29, 0.717) is 49.8 Å². The Morgan fingerprint density at radius 2 is 1.65 bits per heavy atom. The molecule has 3 aliphatic heterocycles. The van der Waals surface area contributed by atoms with Crippen molar-refractivity contribution in [2.24, 2.45) is 0 Å². The quantitative estimate of drug-likeness (QED) is 0.306. The molecule has 2 fully saturated rings. The molecule has 0 atom stereocenters. The minimum Gasteiger partial charge on any atom is -0.451 e. The molecule has 0 aliphatic carbocycles. The normalized spacial score (nSPS) is 17.3. The minimum absolute atomic E-state index is 0.0334. The summed E-state index contributed by atoms with van der Waals surface area (Å²) in [6.07, 6.45) is 2.30. The second kappa shape index (κ2) is 11.9. The van der Waals surface area contributed by atoms with Crippen molar-refractivity contribution in [3.63, 3.8) is 0 Å². The number of benzene rings is 2. The van der Waals surface area contributed by atoms with Gasteiger partial charge in [0.1, 0.15) is 16.8 Å². The number of fused-ring (bicyclic) bond motifs is 2. The van der Waals surface area contributed by atoms with Gasteiger partial charge in [-0.15, -0.1) is 0 Å². The molecule has 1 aromatic heterocycles. The maximum absolute atomic E-state index is 15.6. The molecule has 4 heterocycles. The molecule has 0 bridgehead atoms. The van der Waals surface area contributed by atoms with E-state index >= 15 is 4.39 Å². The van der Waals surface area contributed by atoms with E-state index in [1.807, 2.05) is 18.2 Å². The van der Waals surface area contributed by atoms with Gasteiger partial charge in [-0.3, -0.25) is 19.4 Å². The zero-order chi connectivity index (χ0) is 27.5. The Morgan fingerprint density at radius 3 is 2.40 bits per heavy atom. The summed E-state index contributed by atoms with van der Waals surface area (Å²) in [7, 11) is 0. The number of morpholine rings is 2. The predicted molar refractivity (Wildman–Crippen MR) is 150 cm³/mol. The molecular formula is C29H34FN5O5. The fraction of sp³-hybridized carbons (Fsp3) is 0.448. The Kier molecular flexibility index (Phi) is 7.96. The van der Waals surface area contributed by atoms with E-state index in [0.717, 1.165) is 52.4 Å². The van der Waals surface area contributed by atoms with Crippen LogP contribution in [0.1, 0.15) is 16.8 Å². The Hall–Kier alpha value is -3.51. The first kappa shape index (κ1) is 26.7. The van der Waals surface area contributed by atoms with E-state index in [9.17, 15) is 9.59 Å². The van der Waals surface area contributed by atoms with Crippen LogP contribution in [0.3, 0.4) is 0 Å². The summed E-state index contributed by atoms with van der Waals surface area (Å²) in [5.74, 6) is -0.323. The lowest BCUT2D eigenvalue weighted by atomic mass is 10.1. The van der Waals surface area contributed by atoms with Gasteiger partial charge < -0.3 is 29.4 Å². The van der Waals surface area contributed by atoms with Crippen LogP contribution in [0, 0.1) is 5.82 Å². The Labute approximate surface area is 231 Å². The summed E-state index contributed by atoms with van der Waals surface area (Å²) in [6, 6.07) is 8.53. The largest absolute Gasteiger partial charge is 0.451 e. The standard InChI is InChI=1S/C29H34FN5O5/c30-22-18-20-26-28(25(22)31-7-9-34-12-16-39-17-13-34)40-24-5-2-1-4-23(24)35(26)19-21(27(20)36)29(37)32-6-3-8-33-10-14-38-15-11-33/h1-2,4-5,18-19,31H,3,6-17H2,(H,32,37). The van der Waals surface area contributed by atoms with Crippen molar-refractivity contribution < 1.29 is 23.4 Å². The van der Waals surface area contributed by atoms with Gasteiger partial charge in [-0.1, -0.05) is 12.1 Å². The minimum atomic E-state index is -0.601. The van der Waals surface area contributed by atoms with Crippen molar-refractivity contribution in [1.82, 2.24) is 19.7 Å². The molecule has 0 unspecified atom stereocenters. The van der Waals surface area contributed by atoms with Gasteiger partial charge in [0.2, 0.25) is 5.43 Å². The van der Waals surface area contributed by atoms with Crippen molar-refractivity contribution in [2.45, 2.75) is 6.42 Å². The molecule has 40 heavy (non-hydrogen) atoms. The van der Waals surface area contributed by atoms with E-state index in [4.69, 9.17) is 14.2 Å². The first-order valence-electron chi connectivity index (χ1n) is 13.9. The van der Waals surface area contributed by atoms with Crippen LogP contribution in [-0.2, 0) is 9.47 Å². The number of rotatable bonds is 9. The lowest BCUT2D eigenvalue weighted by Crippen LogP contribution is -2.39. The van der Waals surface area contributed by atoms with Crippen molar-refractivity contribution in [3.8, 4) is 17.2 Å². The average molecular weight is 552 g/mol. The zero-order valence-electron chi connectivity index (χ0n) is 22.4. The molecule has 6 rings (SSSR count). The van der Waals surface area contributed by atoms with Crippen LogP contribution < -0.4 is 20.8 Å². The number of carbonyl (C=O) groups is 1. The van der Waals surface area contributed by atoms with Crippen molar-refractivity contribution in [2.75, 3.05) is 84.1 Å². The molecule has 3 aliphatic rings. The van der Waals surface area contributed by atoms with E-state index in [1.165, 1.54) is 6.07 Å². The lowest BCUT2D eigenvalue weighted by molar-refractivity contribution is 0.0374. The molecule has 3 aromatic rings. The number of para-hydroxylation sites is 2. The Bertz CT molecular complexity index is 1450. The summed E-state index contributed by atoms with van der Waals surface area (Å²) >= 11 is 0. The van der Waals surface area contributed by atoms with Crippen molar-refractivity contribution in [1.29, 1.82) is 0 Å². The van der Waals surface area contributed by atoms with Crippen LogP contribution in [-0.4, -0.2) is 99.1 Å². The third-order valence-electron chi connectivity index (χ3n) is 7.65. The molecule has 0 saturated carbocycles. The second-order valence-electron chi connectivity index (χ2n) is 10.2. The summed E-state index contributed by atoms with van der Waals surface area (Å²) in [6.45, 7) is 8.71. The maximum Gasteiger partial charge on any atom is 0.256 e. The Morgan fingerprint density at radius 1 is 0.950 bits per heavy atom. The molecular weight excluding hydrogens is 517 g/mol. The first-order valence-corrected chi connectivity index (χ1v) is 13.9. The van der Waals surface area contributed by atoms with E-state index in [-0.39, 0.29) is 22.4 Å². The predicted octanol–water partition coefficient (Wildman–Crippen LogP) is 2.43. The number of amides is 1. The number of pyridine rings is 1. The van der Waals surface area contributed by atoms with Crippen molar-refractivity contribution in [3.05, 3.63) is 58.1 Å². The summed E-state index contributed by atoms with van der Waals surface area (Å²) in [5, 5.41) is 6.17. The Balaban J connectivity index is 1.28. The summed E-state index contributed by atoms with van der Waals surface area (Å²) in [5.41, 5.74) is 0.743. The summed E-state index contributed by atoms with van der Waals surface area (Å²) < 4.78 is 34.3. The van der Waals surface area contributed by atoms with Gasteiger partial charge in [-0.05, 0) is 31.2 Å². The smallest absolute Gasteiger partial charge is 0.256 e. The molecule has 10 nitrogen and oxygen atoms in total. The van der Waals surface area contributed by atoms with Gasteiger partial charge in [-0.25, -0.2) is 4.39 Å². The summed E-state index contributed by atoms with van der Waals surface area (Å²) in [4.78, 5) is 31.3. The number of hydrogen-bond donors (Lipinski definition) is 2. The maximum atomic E-state index is 15.6. The fourth-order valence-corrected chi connectivity index (χ4v) is 5.48. The molecule has 2 saturated heterocycles. The molecule has 1 amide bonds. The highest BCUT2D eigenvalue weighted by atomic mass is 19.1. The number of aromatic nitrogens is 1. The zero-order valence-corrected chi connectivity index (χ0v) is 22.4. The van der Waals surface area contributed by atoms with Crippen LogP contribution >= 0.6 is 0 Å². The van der Waals surface area contributed by atoms with Crippen molar-refractivity contribution >= 4 is 22.5 Å². The molecule has 2 aromatic carbocycles. The van der Waals surface area contributed by atoms with Gasteiger partial charge in [0, 0.05) is 52.0 Å². The average Bonchev–Trinajstić information content (AvgIpc) is 2.99. The van der Waals surface area contributed by atoms with Gasteiger partial charge in [0.25, 0.3) is 5.91 Å². The number of nitrogens with zero attached hydrogens (tertiary/aromatic N) is 3. The molecule has 2 N–H and O–H groups in total. The van der Waals surface area contributed by atoms with E-state index in [2.05, 4.69) is 20.4 Å². The molecule has 212 valence electrons. The number of carbonyl (C=O) groups excluding carboxylic acids is 1. The van der Waals surface area contributed by atoms with Crippen LogP contribution in [0.25, 0.3) is 16.6 Å². The van der Waals surface area contributed by atoms with Gasteiger partial charge >= 0.3 is 0 Å². The van der Waals surface area contributed by atoms with E-state index < -0.39 is 17.2 Å². The van der Waals surface area contributed by atoms with Crippen LogP contribution in [0.15, 0.2) is 41.3 Å². The monoisotopic (exact) mass is 551 g/mol. The van der Waals surface area contributed by atoms with Gasteiger partial charge in [0.15, 0.2) is 17.3 Å². The SMILES string of the molecule is O=C(NCCCN1CCOCC1)c1cn2c3c(c(NCCN4CCOCC4)c(F)cc3c1=O)Oc1ccccc1-2. The number of hydrogen-bond acceptors (Lipinski definition) is 8. The van der Waals surface area contributed by atoms with Crippen LogP contribution in [0.4, 0.5) is 10.1 Å². The number of nitrogens with one attached hydrogen (secondary N) is 2. The number of ether oxygens (including phenoxy) is 3. The van der Waals surface area contributed by atoms with Crippen LogP contribution in [0.2, 0.25) is 0 Å². The van der Waals surface area contributed by atoms with Gasteiger partial charge in [0.05, 0.1) is 37.5 Å². The highest BCUT2D eigenvalue weighted by Crippen LogP contribution is 2.44. The molecule has 11 heteroatoms. The third kappa shape index (κ3) is 5.42. The lowest BCUT2D eigenvalue weighted by Gasteiger charge is -2.28. The number of anilines is 1. The first-order chi connectivity index (χ1) is 19.6. The molecule has 0 radical (unpaired) electrons. The number of halogens is 1. The second-order valence-corrected chi connectivity index (χ2v) is 10.2. The topological polar surface area (TPSA) is 97.3 Å². The fourth-order valence-electron chi connectivity index (χ4n) is 5.48. The highest BCUT2D eigenvalue weighted by molar-refractivity contribution is 6.01. The third-order valence-corrected chi connectivity index (χ3v) is 7.65. The highest BCUT2D eigenvalue weighted by Gasteiger charge is 2.28.